The Labute approximate surface area is 175 Å². The predicted molar refractivity (Wildman–Crippen MR) is 121 cm³/mol. The Hall–Kier alpha value is -3.66. The minimum absolute atomic E-state index is 0.290. The molecule has 2 amide bonds. The van der Waals surface area contributed by atoms with Crippen molar-refractivity contribution in [2.24, 2.45) is 0 Å². The first kappa shape index (κ1) is 19.6. The second kappa shape index (κ2) is 8.37. The van der Waals surface area contributed by atoms with E-state index in [1.807, 2.05) is 98.8 Å². The number of carbonyl (C=O) groups is 2. The number of hydrogen-bond acceptors (Lipinski definition) is 2. The van der Waals surface area contributed by atoms with Crippen LogP contribution in [0.25, 0.3) is 21.5 Å². The summed E-state index contributed by atoms with van der Waals surface area (Å²) in [6, 6.07) is 27.4. The van der Waals surface area contributed by atoms with Gasteiger partial charge in [0.1, 0.15) is 0 Å². The fourth-order valence-electron chi connectivity index (χ4n) is 3.94. The molecule has 4 rings (SSSR count). The van der Waals surface area contributed by atoms with Crippen LogP contribution < -0.4 is 10.6 Å². The second-order valence-electron chi connectivity index (χ2n) is 7.53. The minimum Gasteiger partial charge on any atom is -0.341 e. The molecule has 150 valence electrons. The van der Waals surface area contributed by atoms with Crippen LogP contribution in [0.1, 0.15) is 37.1 Å². The maximum Gasteiger partial charge on any atom is 0.309 e. The van der Waals surface area contributed by atoms with Crippen LogP contribution >= 0.6 is 0 Å². The quantitative estimate of drug-likeness (QED) is 0.475. The van der Waals surface area contributed by atoms with E-state index < -0.39 is 11.8 Å². The number of fused-ring (bicyclic) bond motifs is 2. The minimum atomic E-state index is -0.637. The molecule has 30 heavy (non-hydrogen) atoms. The van der Waals surface area contributed by atoms with Gasteiger partial charge in [-0.05, 0) is 46.5 Å². The average molecular weight is 396 g/mol. The Morgan fingerprint density at radius 3 is 1.37 bits per heavy atom. The molecule has 0 heterocycles. The van der Waals surface area contributed by atoms with E-state index in [0.717, 1.165) is 32.7 Å². The summed E-state index contributed by atoms with van der Waals surface area (Å²) in [6.45, 7) is 3.78. The van der Waals surface area contributed by atoms with Crippen LogP contribution in [0.2, 0.25) is 0 Å². The number of rotatable bonds is 4. The van der Waals surface area contributed by atoms with Gasteiger partial charge in [-0.3, -0.25) is 9.59 Å². The van der Waals surface area contributed by atoms with Gasteiger partial charge >= 0.3 is 11.8 Å². The van der Waals surface area contributed by atoms with Gasteiger partial charge in [-0.2, -0.15) is 0 Å². The zero-order chi connectivity index (χ0) is 21.1. The predicted octanol–water partition coefficient (Wildman–Crippen LogP) is 5.05. The molecule has 0 fully saturated rings. The number of amides is 2. The number of carbonyl (C=O) groups excluding carboxylic acids is 2. The summed E-state index contributed by atoms with van der Waals surface area (Å²) in [5.41, 5.74) is 1.97. The molecular weight excluding hydrogens is 372 g/mol. The molecule has 0 spiro atoms. The molecule has 2 atom stereocenters. The summed E-state index contributed by atoms with van der Waals surface area (Å²) in [6.07, 6.45) is 0. The van der Waals surface area contributed by atoms with E-state index in [-0.39, 0.29) is 12.1 Å². The third-order valence-electron chi connectivity index (χ3n) is 5.48. The van der Waals surface area contributed by atoms with Crippen molar-refractivity contribution in [1.82, 2.24) is 10.6 Å². The Morgan fingerprint density at radius 1 is 0.567 bits per heavy atom. The van der Waals surface area contributed by atoms with Crippen molar-refractivity contribution in [2.75, 3.05) is 0 Å². The van der Waals surface area contributed by atoms with Gasteiger partial charge in [0.15, 0.2) is 0 Å². The lowest BCUT2D eigenvalue weighted by Gasteiger charge is -2.19. The third kappa shape index (κ3) is 3.90. The van der Waals surface area contributed by atoms with Crippen molar-refractivity contribution in [3.8, 4) is 0 Å². The molecule has 0 aliphatic rings. The molecule has 0 radical (unpaired) electrons. The van der Waals surface area contributed by atoms with E-state index in [2.05, 4.69) is 10.6 Å². The molecule has 4 aromatic carbocycles. The van der Waals surface area contributed by atoms with Crippen LogP contribution in [0.4, 0.5) is 0 Å². The summed E-state index contributed by atoms with van der Waals surface area (Å²) in [5, 5.41) is 10.0. The molecule has 0 aliphatic heterocycles. The summed E-state index contributed by atoms with van der Waals surface area (Å²) in [7, 11) is 0. The molecule has 4 nitrogen and oxygen atoms in total. The van der Waals surface area contributed by atoms with Crippen LogP contribution in [-0.4, -0.2) is 11.8 Å². The van der Waals surface area contributed by atoms with Gasteiger partial charge in [-0.15, -0.1) is 0 Å². The summed E-state index contributed by atoms with van der Waals surface area (Å²) >= 11 is 0. The van der Waals surface area contributed by atoms with Gasteiger partial charge in [-0.1, -0.05) is 84.9 Å². The van der Waals surface area contributed by atoms with Gasteiger partial charge in [0.05, 0.1) is 12.1 Å². The molecule has 0 aliphatic carbocycles. The monoisotopic (exact) mass is 396 g/mol. The lowest BCUT2D eigenvalue weighted by Crippen LogP contribution is -2.41. The molecule has 0 bridgehead atoms. The van der Waals surface area contributed by atoms with Crippen molar-refractivity contribution in [2.45, 2.75) is 25.9 Å². The van der Waals surface area contributed by atoms with Crippen LogP contribution in [0.15, 0.2) is 84.9 Å². The summed E-state index contributed by atoms with van der Waals surface area (Å²) < 4.78 is 0. The normalized spacial score (nSPS) is 13.0. The SMILES string of the molecule is C[C@H](NC(=O)C(=O)N[C@@H](C)c1cccc2ccccc12)c1cccc2ccccc12. The van der Waals surface area contributed by atoms with Crippen LogP contribution in [0, 0.1) is 0 Å². The van der Waals surface area contributed by atoms with Crippen molar-refractivity contribution < 1.29 is 9.59 Å². The van der Waals surface area contributed by atoms with Gasteiger partial charge in [0, 0.05) is 0 Å². The highest BCUT2D eigenvalue weighted by Crippen LogP contribution is 2.25. The van der Waals surface area contributed by atoms with Gasteiger partial charge in [0.25, 0.3) is 0 Å². The second-order valence-corrected chi connectivity index (χ2v) is 7.53. The first-order valence-corrected chi connectivity index (χ1v) is 10.1. The number of nitrogens with one attached hydrogen (secondary N) is 2. The van der Waals surface area contributed by atoms with E-state index in [1.165, 1.54) is 0 Å². The summed E-state index contributed by atoms with van der Waals surface area (Å²) in [5.74, 6) is -1.27. The molecule has 0 unspecified atom stereocenters. The molecule has 0 saturated heterocycles. The van der Waals surface area contributed by atoms with Gasteiger partial charge in [-0.25, -0.2) is 0 Å². The van der Waals surface area contributed by atoms with E-state index in [0.29, 0.717) is 0 Å². The Balaban J connectivity index is 1.47. The highest BCUT2D eigenvalue weighted by atomic mass is 16.2. The molecule has 0 saturated carbocycles. The fraction of sp³-hybridized carbons (Fsp3) is 0.154. The fourth-order valence-corrected chi connectivity index (χ4v) is 3.94. The molecule has 4 heteroatoms. The van der Waals surface area contributed by atoms with Crippen LogP contribution in [0.3, 0.4) is 0 Å². The first-order chi connectivity index (χ1) is 14.5. The van der Waals surface area contributed by atoms with E-state index in [1.54, 1.807) is 0 Å². The van der Waals surface area contributed by atoms with Crippen molar-refractivity contribution >= 4 is 33.4 Å². The Kier molecular flexibility index (Phi) is 5.48. The van der Waals surface area contributed by atoms with Gasteiger partial charge < -0.3 is 10.6 Å². The zero-order valence-corrected chi connectivity index (χ0v) is 17.1. The largest absolute Gasteiger partial charge is 0.341 e. The average Bonchev–Trinajstić information content (AvgIpc) is 2.78. The summed E-state index contributed by atoms with van der Waals surface area (Å²) in [4.78, 5) is 25.1. The van der Waals surface area contributed by atoms with E-state index in [4.69, 9.17) is 0 Å². The third-order valence-corrected chi connectivity index (χ3v) is 5.48. The van der Waals surface area contributed by atoms with E-state index in [9.17, 15) is 9.59 Å². The van der Waals surface area contributed by atoms with E-state index >= 15 is 0 Å². The number of benzene rings is 4. The van der Waals surface area contributed by atoms with Crippen LogP contribution in [-0.2, 0) is 9.59 Å². The molecular formula is C26H24N2O2. The highest BCUT2D eigenvalue weighted by molar-refractivity contribution is 6.35. The molecule has 4 aromatic rings. The lowest BCUT2D eigenvalue weighted by atomic mass is 9.99. The van der Waals surface area contributed by atoms with Crippen molar-refractivity contribution in [3.05, 3.63) is 96.1 Å². The first-order valence-electron chi connectivity index (χ1n) is 10.1. The highest BCUT2D eigenvalue weighted by Gasteiger charge is 2.21. The van der Waals surface area contributed by atoms with Gasteiger partial charge in [0.2, 0.25) is 0 Å². The molecule has 0 aromatic heterocycles. The smallest absolute Gasteiger partial charge is 0.309 e. The Bertz CT molecular complexity index is 1120. The molecule has 2 N–H and O–H groups in total. The standard InChI is InChI=1S/C26H24N2O2/c1-17(21-15-7-11-19-9-3-5-13-23(19)21)27-25(29)26(30)28-18(2)22-16-8-12-20-10-4-6-14-24(20)22/h3-18H,1-2H3,(H,27,29)(H,28,30)/t17-,18-/m0/s1. The van der Waals surface area contributed by atoms with Crippen molar-refractivity contribution in [1.29, 1.82) is 0 Å². The Morgan fingerprint density at radius 2 is 0.933 bits per heavy atom. The maximum atomic E-state index is 12.6. The van der Waals surface area contributed by atoms with Crippen molar-refractivity contribution in [3.63, 3.8) is 0 Å². The lowest BCUT2D eigenvalue weighted by molar-refractivity contribution is -0.140. The zero-order valence-electron chi connectivity index (χ0n) is 17.1. The van der Waals surface area contributed by atoms with Crippen LogP contribution in [0.5, 0.6) is 0 Å². The topological polar surface area (TPSA) is 58.2 Å². The maximum absolute atomic E-state index is 12.6. The number of hydrogen-bond donors (Lipinski definition) is 2.